The van der Waals surface area contributed by atoms with Gasteiger partial charge in [0.15, 0.2) is 0 Å². The van der Waals surface area contributed by atoms with E-state index in [0.29, 0.717) is 10.6 Å². The number of nitrogens with zero attached hydrogens (tertiary/aromatic N) is 2. The Morgan fingerprint density at radius 2 is 1.91 bits per heavy atom. The third kappa shape index (κ3) is 4.81. The number of halogens is 3. The van der Waals surface area contributed by atoms with E-state index in [1.54, 1.807) is 12.1 Å². The molecule has 128 valence electrons. The van der Waals surface area contributed by atoms with Crippen LogP contribution in [-0.2, 0) is 15.6 Å². The largest absolute Gasteiger partial charge is 0.411 e. The predicted molar refractivity (Wildman–Crippen MR) is 90.7 cm³/mol. The molecule has 0 aliphatic rings. The van der Waals surface area contributed by atoms with Gasteiger partial charge >= 0.3 is 5.22 Å². The molecule has 0 bridgehead atoms. The Bertz CT molecular complexity index is 778. The lowest BCUT2D eigenvalue weighted by Gasteiger charge is -2.09. The number of hydrogen-bond acceptors (Lipinski definition) is 6. The fraction of sp³-hybridized carbons (Fsp3) is 0.385. The van der Waals surface area contributed by atoms with Gasteiger partial charge in [-0.05, 0) is 23.6 Å². The summed E-state index contributed by atoms with van der Waals surface area (Å²) in [5, 5.41) is 7.50. The first-order valence-corrected chi connectivity index (χ1v) is 8.87. The van der Waals surface area contributed by atoms with Crippen LogP contribution in [0.25, 0.3) is 0 Å². The second-order valence-corrected chi connectivity index (χ2v) is 7.88. The van der Waals surface area contributed by atoms with E-state index < -0.39 is 21.1 Å². The SMILES string of the molecule is CC(C)[C@H](N)c1nnc(S(=O)(=O)Cc2ccc(Cl)cc2Cl)o1.Cl. The minimum Gasteiger partial charge on any atom is -0.411 e. The van der Waals surface area contributed by atoms with Gasteiger partial charge in [0.25, 0.3) is 0 Å². The van der Waals surface area contributed by atoms with Gasteiger partial charge in [0, 0.05) is 10.0 Å². The fourth-order valence-corrected chi connectivity index (χ4v) is 3.39. The average molecular weight is 401 g/mol. The summed E-state index contributed by atoms with van der Waals surface area (Å²) in [7, 11) is -3.81. The van der Waals surface area contributed by atoms with E-state index in [2.05, 4.69) is 10.2 Å². The van der Waals surface area contributed by atoms with E-state index in [0.717, 1.165) is 0 Å². The van der Waals surface area contributed by atoms with Gasteiger partial charge in [-0.3, -0.25) is 0 Å². The first-order chi connectivity index (χ1) is 10.2. The molecule has 10 heteroatoms. The highest BCUT2D eigenvalue weighted by Crippen LogP contribution is 2.26. The quantitative estimate of drug-likeness (QED) is 0.825. The van der Waals surface area contributed by atoms with E-state index in [1.165, 1.54) is 6.07 Å². The molecule has 2 rings (SSSR count). The van der Waals surface area contributed by atoms with E-state index in [9.17, 15) is 8.42 Å². The van der Waals surface area contributed by atoms with Gasteiger partial charge in [0.2, 0.25) is 15.7 Å². The van der Waals surface area contributed by atoms with Gasteiger partial charge in [-0.1, -0.05) is 48.2 Å². The summed E-state index contributed by atoms with van der Waals surface area (Å²) >= 11 is 11.8. The Labute approximate surface area is 150 Å². The zero-order valence-corrected chi connectivity index (χ0v) is 15.5. The first-order valence-electron chi connectivity index (χ1n) is 6.46. The molecule has 2 N–H and O–H groups in total. The standard InChI is InChI=1S/C13H15Cl2N3O3S.ClH/c1-7(2)11(16)12-17-18-13(21-12)22(19,20)6-8-3-4-9(14)5-10(8)15;/h3-5,7,11H,6,16H2,1-2H3;1H/t11-;/m0./s1. The summed E-state index contributed by atoms with van der Waals surface area (Å²) in [5.41, 5.74) is 6.26. The Morgan fingerprint density at radius 3 is 2.48 bits per heavy atom. The summed E-state index contributed by atoms with van der Waals surface area (Å²) in [6, 6.07) is 4.06. The molecule has 0 saturated heterocycles. The molecule has 1 atom stereocenters. The molecule has 0 spiro atoms. The minimum atomic E-state index is -3.81. The third-order valence-electron chi connectivity index (χ3n) is 3.05. The highest BCUT2D eigenvalue weighted by Gasteiger charge is 2.26. The lowest BCUT2D eigenvalue weighted by atomic mass is 10.1. The van der Waals surface area contributed by atoms with Gasteiger partial charge in [0.05, 0.1) is 11.8 Å². The molecule has 6 nitrogen and oxygen atoms in total. The number of hydrogen-bond donors (Lipinski definition) is 1. The molecular weight excluding hydrogens is 385 g/mol. The second kappa shape index (κ2) is 7.81. The smallest absolute Gasteiger partial charge is 0.335 e. The van der Waals surface area contributed by atoms with Crippen molar-refractivity contribution in [1.29, 1.82) is 0 Å². The lowest BCUT2D eigenvalue weighted by Crippen LogP contribution is -2.17. The van der Waals surface area contributed by atoms with E-state index in [-0.39, 0.29) is 35.0 Å². The highest BCUT2D eigenvalue weighted by molar-refractivity contribution is 7.90. The van der Waals surface area contributed by atoms with E-state index in [1.807, 2.05) is 13.8 Å². The van der Waals surface area contributed by atoms with Crippen molar-refractivity contribution in [3.63, 3.8) is 0 Å². The van der Waals surface area contributed by atoms with Crippen LogP contribution in [0.5, 0.6) is 0 Å². The van der Waals surface area contributed by atoms with Crippen LogP contribution in [0.4, 0.5) is 0 Å². The summed E-state index contributed by atoms with van der Waals surface area (Å²) in [6.07, 6.45) is 0. The molecule has 0 aliphatic heterocycles. The first kappa shape index (κ1) is 20.2. The maximum atomic E-state index is 12.3. The Balaban J connectivity index is 0.00000264. The monoisotopic (exact) mass is 399 g/mol. The van der Waals surface area contributed by atoms with Crippen molar-refractivity contribution in [2.45, 2.75) is 30.9 Å². The summed E-state index contributed by atoms with van der Waals surface area (Å²) < 4.78 is 29.8. The number of benzene rings is 1. The van der Waals surface area contributed by atoms with Crippen LogP contribution < -0.4 is 5.73 Å². The molecule has 1 aromatic heterocycles. The van der Waals surface area contributed by atoms with Gasteiger partial charge in [-0.2, -0.15) is 0 Å². The van der Waals surface area contributed by atoms with Gasteiger partial charge in [-0.25, -0.2) is 8.42 Å². The third-order valence-corrected chi connectivity index (χ3v) is 5.03. The second-order valence-electron chi connectivity index (χ2n) is 5.17. The Kier molecular flexibility index (Phi) is 6.85. The lowest BCUT2D eigenvalue weighted by molar-refractivity contribution is 0.341. The normalized spacial score (nSPS) is 13.0. The zero-order chi connectivity index (χ0) is 16.5. The topological polar surface area (TPSA) is 99.1 Å². The maximum Gasteiger partial charge on any atom is 0.335 e. The molecule has 0 saturated carbocycles. The van der Waals surface area contributed by atoms with Gasteiger partial charge in [0.1, 0.15) is 0 Å². The van der Waals surface area contributed by atoms with Crippen LogP contribution in [-0.4, -0.2) is 18.6 Å². The predicted octanol–water partition coefficient (Wildman–Crippen LogP) is 3.43. The van der Waals surface area contributed by atoms with Crippen molar-refractivity contribution in [2.75, 3.05) is 0 Å². The minimum absolute atomic E-state index is 0. The molecule has 0 fully saturated rings. The molecule has 2 aromatic rings. The number of aromatic nitrogens is 2. The van der Waals surface area contributed by atoms with Gasteiger partial charge < -0.3 is 10.2 Å². The van der Waals surface area contributed by atoms with Crippen molar-refractivity contribution in [2.24, 2.45) is 11.7 Å². The van der Waals surface area contributed by atoms with Crippen LogP contribution in [0.15, 0.2) is 27.8 Å². The maximum absolute atomic E-state index is 12.3. The molecule has 23 heavy (non-hydrogen) atoms. The highest BCUT2D eigenvalue weighted by atomic mass is 35.5. The summed E-state index contributed by atoms with van der Waals surface area (Å²) in [4.78, 5) is 0. The van der Waals surface area contributed by atoms with Crippen LogP contribution in [0, 0.1) is 5.92 Å². The van der Waals surface area contributed by atoms with Crippen molar-refractivity contribution >= 4 is 45.4 Å². The van der Waals surface area contributed by atoms with Crippen LogP contribution in [0.1, 0.15) is 31.3 Å². The van der Waals surface area contributed by atoms with Crippen molar-refractivity contribution in [1.82, 2.24) is 10.2 Å². The fourth-order valence-electron chi connectivity index (χ4n) is 1.67. The van der Waals surface area contributed by atoms with Gasteiger partial charge in [-0.15, -0.1) is 17.5 Å². The molecule has 1 heterocycles. The Hall–Kier alpha value is -0.860. The molecular formula is C13H16Cl3N3O3S. The zero-order valence-electron chi connectivity index (χ0n) is 12.4. The van der Waals surface area contributed by atoms with Crippen molar-refractivity contribution in [3.05, 3.63) is 39.7 Å². The van der Waals surface area contributed by atoms with Crippen LogP contribution >= 0.6 is 35.6 Å². The van der Waals surface area contributed by atoms with E-state index >= 15 is 0 Å². The molecule has 1 aromatic carbocycles. The molecule has 0 radical (unpaired) electrons. The number of rotatable bonds is 5. The Morgan fingerprint density at radius 1 is 1.26 bits per heavy atom. The van der Waals surface area contributed by atoms with Crippen LogP contribution in [0.2, 0.25) is 10.0 Å². The molecule has 0 aliphatic carbocycles. The van der Waals surface area contributed by atoms with Crippen LogP contribution in [0.3, 0.4) is 0 Å². The van der Waals surface area contributed by atoms with E-state index in [4.69, 9.17) is 33.4 Å². The van der Waals surface area contributed by atoms with Crippen molar-refractivity contribution < 1.29 is 12.8 Å². The summed E-state index contributed by atoms with van der Waals surface area (Å²) in [6.45, 7) is 3.74. The number of nitrogens with two attached hydrogens (primary N) is 1. The number of sulfone groups is 1. The summed E-state index contributed by atoms with van der Waals surface area (Å²) in [5.74, 6) is -0.223. The molecule has 0 unspecified atom stereocenters. The molecule has 0 amide bonds. The average Bonchev–Trinajstić information content (AvgIpc) is 2.91. The van der Waals surface area contributed by atoms with Crippen molar-refractivity contribution in [3.8, 4) is 0 Å².